The molecule has 21 heavy (non-hydrogen) atoms. The first-order valence-corrected chi connectivity index (χ1v) is 9.20. The molecule has 0 radical (unpaired) electrons. The van der Waals surface area contributed by atoms with Crippen LogP contribution in [0.2, 0.25) is 0 Å². The van der Waals surface area contributed by atoms with Gasteiger partial charge in [-0.1, -0.05) is 23.5 Å². The van der Waals surface area contributed by atoms with Gasteiger partial charge in [-0.25, -0.2) is 0 Å². The number of aromatic nitrogens is 2. The molecule has 110 valence electrons. The maximum Gasteiger partial charge on any atom is 0.257 e. The molecule has 1 fully saturated rings. The molecule has 3 rings (SSSR count). The molecule has 0 bridgehead atoms. The first kappa shape index (κ1) is 14.3. The van der Waals surface area contributed by atoms with Crippen LogP contribution in [-0.2, 0) is 16.6 Å². The largest absolute Gasteiger partial charge is 0.296 e. The highest BCUT2D eigenvalue weighted by Gasteiger charge is 2.27. The maximum atomic E-state index is 12.2. The van der Waals surface area contributed by atoms with Crippen LogP contribution in [-0.4, -0.2) is 26.6 Å². The number of hydrogen-bond donors (Lipinski definition) is 1. The Hall–Kier alpha value is -1.60. The molecule has 1 aliphatic carbocycles. The van der Waals surface area contributed by atoms with E-state index in [4.69, 9.17) is 0 Å². The van der Waals surface area contributed by atoms with Gasteiger partial charge in [-0.05, 0) is 30.5 Å². The molecule has 1 N–H and O–H groups in total. The van der Waals surface area contributed by atoms with E-state index in [1.165, 1.54) is 24.2 Å². The molecule has 2 aromatic rings. The van der Waals surface area contributed by atoms with Gasteiger partial charge < -0.3 is 0 Å². The lowest BCUT2D eigenvalue weighted by Gasteiger charge is -2.03. The average molecular weight is 321 g/mol. The van der Waals surface area contributed by atoms with E-state index in [9.17, 15) is 9.00 Å². The predicted molar refractivity (Wildman–Crippen MR) is 84.0 cm³/mol. The third kappa shape index (κ3) is 3.74. The van der Waals surface area contributed by atoms with Crippen molar-refractivity contribution >= 4 is 33.2 Å². The molecule has 0 unspecified atom stereocenters. The summed E-state index contributed by atoms with van der Waals surface area (Å²) in [5.41, 5.74) is 1.43. The van der Waals surface area contributed by atoms with Crippen LogP contribution in [0.5, 0.6) is 0 Å². The van der Waals surface area contributed by atoms with Gasteiger partial charge >= 0.3 is 0 Å². The van der Waals surface area contributed by atoms with Gasteiger partial charge in [0.2, 0.25) is 5.13 Å². The van der Waals surface area contributed by atoms with Gasteiger partial charge in [-0.2, -0.15) is 0 Å². The van der Waals surface area contributed by atoms with E-state index in [-0.39, 0.29) is 5.91 Å². The van der Waals surface area contributed by atoms with Crippen LogP contribution in [0.15, 0.2) is 24.3 Å². The van der Waals surface area contributed by atoms with Crippen LogP contribution in [0, 0.1) is 0 Å². The third-order valence-electron chi connectivity index (χ3n) is 3.15. The summed E-state index contributed by atoms with van der Waals surface area (Å²) in [5.74, 6) is 0.777. The highest BCUT2D eigenvalue weighted by atomic mass is 32.2. The lowest BCUT2D eigenvalue weighted by atomic mass is 10.1. The number of carbonyl (C=O) groups excluding carboxylic acids is 1. The zero-order valence-corrected chi connectivity index (χ0v) is 13.2. The topological polar surface area (TPSA) is 72.0 Å². The highest BCUT2D eigenvalue weighted by Crippen LogP contribution is 2.42. The van der Waals surface area contributed by atoms with E-state index in [1.807, 2.05) is 6.07 Å². The summed E-state index contributed by atoms with van der Waals surface area (Å²) >= 11 is 1.44. The van der Waals surface area contributed by atoms with Crippen LogP contribution < -0.4 is 5.32 Å². The molecular weight excluding hydrogens is 306 g/mol. The number of nitrogens with zero attached hydrogens (tertiary/aromatic N) is 2. The first-order chi connectivity index (χ1) is 10.1. The fraction of sp³-hybridized carbons (Fsp3) is 0.357. The Morgan fingerprint density at radius 3 is 2.95 bits per heavy atom. The molecular formula is C14H15N3O2S2. The monoisotopic (exact) mass is 321 g/mol. The van der Waals surface area contributed by atoms with E-state index in [1.54, 1.807) is 24.5 Å². The summed E-state index contributed by atoms with van der Waals surface area (Å²) in [6.45, 7) is 0. The van der Waals surface area contributed by atoms with Gasteiger partial charge in [0.05, 0.1) is 0 Å². The molecule has 0 saturated heterocycles. The molecule has 1 amide bonds. The molecule has 1 aromatic carbocycles. The number of rotatable bonds is 5. The third-order valence-corrected chi connectivity index (χ3v) is 4.89. The molecule has 7 heteroatoms. The summed E-state index contributed by atoms with van der Waals surface area (Å²) in [6, 6.07) is 7.17. The van der Waals surface area contributed by atoms with Gasteiger partial charge in [-0.3, -0.25) is 14.3 Å². The number of hydrogen-bond acceptors (Lipinski definition) is 5. The van der Waals surface area contributed by atoms with E-state index in [0.29, 0.717) is 22.4 Å². The van der Waals surface area contributed by atoms with Crippen molar-refractivity contribution in [1.29, 1.82) is 0 Å². The summed E-state index contributed by atoms with van der Waals surface area (Å²) in [6.07, 6.45) is 3.98. The molecule has 0 spiro atoms. The van der Waals surface area contributed by atoms with Gasteiger partial charge in [0, 0.05) is 34.3 Å². The van der Waals surface area contributed by atoms with E-state index >= 15 is 0 Å². The van der Waals surface area contributed by atoms with Gasteiger partial charge in [0.1, 0.15) is 5.01 Å². The van der Waals surface area contributed by atoms with Crippen molar-refractivity contribution in [2.24, 2.45) is 0 Å². The second-order valence-corrected chi connectivity index (χ2v) is 7.54. The Morgan fingerprint density at radius 2 is 2.24 bits per heavy atom. The van der Waals surface area contributed by atoms with E-state index < -0.39 is 10.8 Å². The number of amides is 1. The number of carbonyl (C=O) groups is 1. The smallest absolute Gasteiger partial charge is 0.257 e. The Kier molecular flexibility index (Phi) is 4.12. The van der Waals surface area contributed by atoms with Crippen molar-refractivity contribution < 1.29 is 9.00 Å². The zero-order valence-electron chi connectivity index (χ0n) is 11.5. The van der Waals surface area contributed by atoms with E-state index in [2.05, 4.69) is 15.5 Å². The summed E-state index contributed by atoms with van der Waals surface area (Å²) in [5, 5.41) is 12.4. The van der Waals surface area contributed by atoms with Crippen molar-refractivity contribution in [3.8, 4) is 0 Å². The van der Waals surface area contributed by atoms with E-state index in [0.717, 1.165) is 10.6 Å². The second kappa shape index (κ2) is 6.03. The minimum absolute atomic E-state index is 0.211. The van der Waals surface area contributed by atoms with Crippen LogP contribution in [0.1, 0.15) is 39.7 Å². The Morgan fingerprint density at radius 1 is 1.43 bits per heavy atom. The summed E-state index contributed by atoms with van der Waals surface area (Å²) in [7, 11) is -0.923. The van der Waals surface area contributed by atoms with Crippen LogP contribution in [0.25, 0.3) is 0 Å². The highest BCUT2D eigenvalue weighted by molar-refractivity contribution is 7.83. The molecule has 0 aliphatic heterocycles. The number of anilines is 1. The predicted octanol–water partition coefficient (Wildman–Crippen LogP) is 2.55. The lowest BCUT2D eigenvalue weighted by Crippen LogP contribution is -2.12. The fourth-order valence-electron chi connectivity index (χ4n) is 1.99. The van der Waals surface area contributed by atoms with Crippen molar-refractivity contribution in [2.45, 2.75) is 24.5 Å². The Bertz CT molecular complexity index is 695. The molecule has 1 saturated carbocycles. The molecule has 1 aliphatic rings. The van der Waals surface area contributed by atoms with Crippen molar-refractivity contribution in [3.63, 3.8) is 0 Å². The SMILES string of the molecule is C[S@@](=O)Cc1cccc(C(=O)Nc2nnc(C3CC3)s2)c1. The molecule has 1 aromatic heterocycles. The van der Waals surface area contributed by atoms with Crippen LogP contribution >= 0.6 is 11.3 Å². The molecule has 5 nitrogen and oxygen atoms in total. The maximum absolute atomic E-state index is 12.2. The second-order valence-electron chi connectivity index (χ2n) is 5.09. The summed E-state index contributed by atoms with van der Waals surface area (Å²) < 4.78 is 11.3. The van der Waals surface area contributed by atoms with Crippen molar-refractivity contribution in [2.75, 3.05) is 11.6 Å². The van der Waals surface area contributed by atoms with Crippen LogP contribution in [0.3, 0.4) is 0 Å². The van der Waals surface area contributed by atoms with Crippen LogP contribution in [0.4, 0.5) is 5.13 Å². The number of benzene rings is 1. The van der Waals surface area contributed by atoms with Crippen molar-refractivity contribution in [1.82, 2.24) is 10.2 Å². The zero-order chi connectivity index (χ0) is 14.8. The van der Waals surface area contributed by atoms with Gasteiger partial charge in [0.25, 0.3) is 5.91 Å². The normalized spacial score (nSPS) is 15.7. The quantitative estimate of drug-likeness (QED) is 0.918. The van der Waals surface area contributed by atoms with Crippen molar-refractivity contribution in [3.05, 3.63) is 40.4 Å². The van der Waals surface area contributed by atoms with Gasteiger partial charge in [-0.15, -0.1) is 10.2 Å². The minimum atomic E-state index is -0.923. The number of nitrogens with one attached hydrogen (secondary N) is 1. The Labute approximate surface area is 129 Å². The molecule has 1 heterocycles. The Balaban J connectivity index is 1.70. The fourth-order valence-corrected chi connectivity index (χ4v) is 3.54. The van der Waals surface area contributed by atoms with Gasteiger partial charge in [0.15, 0.2) is 0 Å². The standard InChI is InChI=1S/C14H15N3O2S2/c1-21(19)8-9-3-2-4-11(7-9)12(18)15-14-17-16-13(20-14)10-5-6-10/h2-4,7,10H,5-6,8H2,1H3,(H,15,17,18)/t21-/m1/s1. The minimum Gasteiger partial charge on any atom is -0.296 e. The summed E-state index contributed by atoms with van der Waals surface area (Å²) in [4.78, 5) is 12.2. The first-order valence-electron chi connectivity index (χ1n) is 6.65. The lowest BCUT2D eigenvalue weighted by molar-refractivity contribution is 0.102. The molecule has 1 atom stereocenters. The average Bonchev–Trinajstić information content (AvgIpc) is 3.19.